The first-order valence-corrected chi connectivity index (χ1v) is 7.24. The molecule has 0 aromatic heterocycles. The highest BCUT2D eigenvalue weighted by Gasteiger charge is 2.16. The van der Waals surface area contributed by atoms with E-state index in [4.69, 9.17) is 4.74 Å². The maximum Gasteiger partial charge on any atom is 0.256 e. The summed E-state index contributed by atoms with van der Waals surface area (Å²) >= 11 is 0. The first-order chi connectivity index (χ1) is 11.0. The average Bonchev–Trinajstić information content (AvgIpc) is 2.55. The fraction of sp³-hybridized carbons (Fsp3) is 0.222. The van der Waals surface area contributed by atoms with Crippen molar-refractivity contribution in [2.75, 3.05) is 19.5 Å². The Bertz CT molecular complexity index is 696. The molecule has 23 heavy (non-hydrogen) atoms. The largest absolute Gasteiger partial charge is 0.497 e. The molecular formula is C18H20N2O3. The summed E-state index contributed by atoms with van der Waals surface area (Å²) in [6, 6.07) is 12.9. The van der Waals surface area contributed by atoms with Crippen molar-refractivity contribution in [3.8, 4) is 5.75 Å². The fourth-order valence-corrected chi connectivity index (χ4v) is 2.31. The third-order valence-corrected chi connectivity index (χ3v) is 3.55. The monoisotopic (exact) mass is 312 g/mol. The summed E-state index contributed by atoms with van der Waals surface area (Å²) in [6.45, 7) is 2.38. The van der Waals surface area contributed by atoms with Gasteiger partial charge in [0.15, 0.2) is 0 Å². The maximum atomic E-state index is 12.6. The van der Waals surface area contributed by atoms with Crippen molar-refractivity contribution in [3.63, 3.8) is 0 Å². The zero-order valence-electron chi connectivity index (χ0n) is 13.5. The van der Waals surface area contributed by atoms with Crippen molar-refractivity contribution in [1.29, 1.82) is 0 Å². The number of methoxy groups -OCH3 is 1. The number of hydrogen-bond donors (Lipinski definition) is 1. The molecule has 0 fully saturated rings. The molecule has 2 aromatic carbocycles. The van der Waals surface area contributed by atoms with E-state index in [0.717, 1.165) is 16.9 Å². The molecule has 1 N–H and O–H groups in total. The molecule has 0 radical (unpaired) electrons. The Hall–Kier alpha value is -2.82. The summed E-state index contributed by atoms with van der Waals surface area (Å²) in [5, 5.41) is 2.59. The summed E-state index contributed by atoms with van der Waals surface area (Å²) in [6.07, 6.45) is 0.578. The van der Waals surface area contributed by atoms with Crippen LogP contribution in [-0.4, -0.2) is 31.4 Å². The highest BCUT2D eigenvalue weighted by molar-refractivity contribution is 6.01. The van der Waals surface area contributed by atoms with Gasteiger partial charge in [-0.1, -0.05) is 18.2 Å². The molecule has 0 aliphatic heterocycles. The molecule has 2 aromatic rings. The van der Waals surface area contributed by atoms with Crippen LogP contribution in [0, 0.1) is 6.92 Å². The summed E-state index contributed by atoms with van der Waals surface area (Å²) in [5.74, 6) is 0.629. The van der Waals surface area contributed by atoms with E-state index >= 15 is 0 Å². The molecule has 0 saturated carbocycles. The standard InChI is InChI=1S/C18H20N2O3/c1-13-4-9-16(17(10-13)19-12-21)18(22)20(2)11-14-5-7-15(23-3)8-6-14/h4-10,12H,11H2,1-3H3,(H,19,21). The molecule has 5 nitrogen and oxygen atoms in total. The van der Waals surface area contributed by atoms with Gasteiger partial charge in [-0.15, -0.1) is 0 Å². The second-order valence-corrected chi connectivity index (χ2v) is 5.32. The first kappa shape index (κ1) is 16.5. The van der Waals surface area contributed by atoms with E-state index in [1.165, 1.54) is 0 Å². The average molecular weight is 312 g/mol. The minimum absolute atomic E-state index is 0.148. The number of carbonyl (C=O) groups excluding carboxylic acids is 2. The van der Waals surface area contributed by atoms with E-state index in [1.54, 1.807) is 31.2 Å². The minimum Gasteiger partial charge on any atom is -0.497 e. The van der Waals surface area contributed by atoms with Gasteiger partial charge in [0.2, 0.25) is 6.41 Å². The second-order valence-electron chi connectivity index (χ2n) is 5.32. The molecule has 0 unspecified atom stereocenters. The summed E-state index contributed by atoms with van der Waals surface area (Å²) < 4.78 is 5.12. The highest BCUT2D eigenvalue weighted by atomic mass is 16.5. The molecule has 0 spiro atoms. The second kappa shape index (κ2) is 7.45. The number of carbonyl (C=O) groups is 2. The lowest BCUT2D eigenvalue weighted by Gasteiger charge is -2.19. The van der Waals surface area contributed by atoms with Crippen LogP contribution in [0.1, 0.15) is 21.5 Å². The number of rotatable bonds is 6. The molecule has 5 heteroatoms. The van der Waals surface area contributed by atoms with E-state index in [1.807, 2.05) is 37.3 Å². The molecular weight excluding hydrogens is 292 g/mol. The van der Waals surface area contributed by atoms with Gasteiger partial charge in [-0.2, -0.15) is 0 Å². The van der Waals surface area contributed by atoms with Crippen LogP contribution >= 0.6 is 0 Å². The van der Waals surface area contributed by atoms with Gasteiger partial charge in [-0.25, -0.2) is 0 Å². The lowest BCUT2D eigenvalue weighted by molar-refractivity contribution is -0.105. The molecule has 0 aliphatic rings. The van der Waals surface area contributed by atoms with Gasteiger partial charge in [-0.3, -0.25) is 9.59 Å². The van der Waals surface area contributed by atoms with Crippen molar-refractivity contribution in [1.82, 2.24) is 4.90 Å². The zero-order chi connectivity index (χ0) is 16.8. The number of benzene rings is 2. The first-order valence-electron chi connectivity index (χ1n) is 7.24. The van der Waals surface area contributed by atoms with E-state index in [-0.39, 0.29) is 5.91 Å². The van der Waals surface area contributed by atoms with Crippen LogP contribution in [0.4, 0.5) is 5.69 Å². The molecule has 2 amide bonds. The van der Waals surface area contributed by atoms with Gasteiger partial charge < -0.3 is 15.0 Å². The molecule has 120 valence electrons. The lowest BCUT2D eigenvalue weighted by atomic mass is 10.1. The number of hydrogen-bond acceptors (Lipinski definition) is 3. The number of ether oxygens (including phenoxy) is 1. The zero-order valence-corrected chi connectivity index (χ0v) is 13.5. The van der Waals surface area contributed by atoms with Gasteiger partial charge in [0.1, 0.15) is 5.75 Å². The minimum atomic E-state index is -0.148. The van der Waals surface area contributed by atoms with Crippen LogP contribution in [0.15, 0.2) is 42.5 Å². The van der Waals surface area contributed by atoms with Crippen molar-refractivity contribution in [3.05, 3.63) is 59.2 Å². The van der Waals surface area contributed by atoms with Crippen molar-refractivity contribution in [2.24, 2.45) is 0 Å². The normalized spacial score (nSPS) is 10.0. The van der Waals surface area contributed by atoms with E-state index in [0.29, 0.717) is 24.2 Å². The van der Waals surface area contributed by atoms with Crippen molar-refractivity contribution >= 4 is 18.0 Å². The Balaban J connectivity index is 2.17. The number of amides is 2. The van der Waals surface area contributed by atoms with Gasteiger partial charge in [0.25, 0.3) is 5.91 Å². The van der Waals surface area contributed by atoms with Crippen molar-refractivity contribution in [2.45, 2.75) is 13.5 Å². The number of aryl methyl sites for hydroxylation is 1. The van der Waals surface area contributed by atoms with Crippen LogP contribution in [0.2, 0.25) is 0 Å². The van der Waals surface area contributed by atoms with Crippen LogP contribution < -0.4 is 10.1 Å². The van der Waals surface area contributed by atoms with Crippen LogP contribution in [-0.2, 0) is 11.3 Å². The Morgan fingerprint density at radius 3 is 2.52 bits per heavy atom. The third kappa shape index (κ3) is 4.10. The van der Waals surface area contributed by atoms with Crippen LogP contribution in [0.5, 0.6) is 5.75 Å². The fourth-order valence-electron chi connectivity index (χ4n) is 2.31. The Morgan fingerprint density at radius 1 is 1.22 bits per heavy atom. The number of nitrogens with zero attached hydrogens (tertiary/aromatic N) is 1. The molecule has 0 heterocycles. The smallest absolute Gasteiger partial charge is 0.256 e. The van der Waals surface area contributed by atoms with Crippen molar-refractivity contribution < 1.29 is 14.3 Å². The summed E-state index contributed by atoms with van der Waals surface area (Å²) in [4.78, 5) is 25.0. The van der Waals surface area contributed by atoms with E-state index < -0.39 is 0 Å². The molecule has 0 atom stereocenters. The van der Waals surface area contributed by atoms with Gasteiger partial charge >= 0.3 is 0 Å². The summed E-state index contributed by atoms with van der Waals surface area (Å²) in [5.41, 5.74) is 2.97. The third-order valence-electron chi connectivity index (χ3n) is 3.55. The van der Waals surface area contributed by atoms with Gasteiger partial charge in [0.05, 0.1) is 18.4 Å². The van der Waals surface area contributed by atoms with E-state index in [9.17, 15) is 9.59 Å². The van der Waals surface area contributed by atoms with Crippen LogP contribution in [0.3, 0.4) is 0 Å². The highest BCUT2D eigenvalue weighted by Crippen LogP contribution is 2.20. The van der Waals surface area contributed by atoms with Gasteiger partial charge in [-0.05, 0) is 42.3 Å². The molecule has 2 rings (SSSR count). The predicted octanol–water partition coefficient (Wildman–Crippen LogP) is 2.84. The summed E-state index contributed by atoms with van der Waals surface area (Å²) in [7, 11) is 3.35. The Kier molecular flexibility index (Phi) is 5.36. The topological polar surface area (TPSA) is 58.6 Å². The lowest BCUT2D eigenvalue weighted by Crippen LogP contribution is -2.27. The molecule has 0 saturated heterocycles. The maximum absolute atomic E-state index is 12.6. The quantitative estimate of drug-likeness (QED) is 0.834. The van der Waals surface area contributed by atoms with E-state index in [2.05, 4.69) is 5.32 Å². The SMILES string of the molecule is COc1ccc(CN(C)C(=O)c2ccc(C)cc2NC=O)cc1. The predicted molar refractivity (Wildman–Crippen MR) is 89.7 cm³/mol. The number of anilines is 1. The number of nitrogens with one attached hydrogen (secondary N) is 1. The Labute approximate surface area is 135 Å². The van der Waals surface area contributed by atoms with Gasteiger partial charge in [0, 0.05) is 13.6 Å². The Morgan fingerprint density at radius 2 is 1.91 bits per heavy atom. The van der Waals surface area contributed by atoms with Crippen LogP contribution in [0.25, 0.3) is 0 Å². The molecule has 0 bridgehead atoms. The molecule has 0 aliphatic carbocycles.